The lowest BCUT2D eigenvalue weighted by atomic mass is 10.1. The summed E-state index contributed by atoms with van der Waals surface area (Å²) >= 11 is 0. The van der Waals surface area contributed by atoms with Gasteiger partial charge in [0.25, 0.3) is 5.56 Å². The van der Waals surface area contributed by atoms with Crippen LogP contribution < -0.4 is 46.1 Å². The fourth-order valence-electron chi connectivity index (χ4n) is 6.81. The Balaban J connectivity index is 0.000000187. The fraction of sp³-hybridized carbons (Fsp3) is 0.250. The minimum Gasteiger partial charge on any atom is -0.845 e. The molecule has 4 N–H and O–H groups in total. The molecule has 0 amide bonds. The lowest BCUT2D eigenvalue weighted by molar-refractivity contribution is -0.284. The molecule has 1 aliphatic heterocycles. The number of hydrogen-bond acceptors (Lipinski definition) is 16. The molecule has 18 heteroatoms. The van der Waals surface area contributed by atoms with Gasteiger partial charge >= 0.3 is 0 Å². The molecule has 62 heavy (non-hydrogen) atoms. The number of ether oxygens (including phenoxy) is 3. The summed E-state index contributed by atoms with van der Waals surface area (Å²) in [5.41, 5.74) is 9.64. The van der Waals surface area contributed by atoms with E-state index in [0.717, 1.165) is 59.4 Å². The third-order valence-corrected chi connectivity index (χ3v) is 9.95. The van der Waals surface area contributed by atoms with Crippen LogP contribution in [0.1, 0.15) is 17.0 Å². The average molecular weight is 842 g/mol. The first kappa shape index (κ1) is 42.5. The van der Waals surface area contributed by atoms with E-state index in [1.807, 2.05) is 61.5 Å². The number of piperazine rings is 1. The maximum Gasteiger partial charge on any atom is 0.268 e. The van der Waals surface area contributed by atoms with Gasteiger partial charge in [-0.2, -0.15) is 19.9 Å². The smallest absolute Gasteiger partial charge is 0.268 e. The standard InChI is InChI=1S/C22H20FN5O4.C22H27N7O/c1-31-17-7-6-13(10-18(17)32-2)8-9-24-21-25-12-16-19(26-21)27-22(30)28(20(16)29)15-5-3-4-14(23)11-15;1-16-4-3-5-17(14-16)24-22-26-20(25-21(23)27-22)15-28-10-12-29(13-11-28)18-6-8-19(30-2)9-7-18/h3-7,10-12H,8-9H2,1-2H3,(H2,24,25,26,27,30);3-9,14H,10-13,15H2,1-2H3,(H3,23,24,25,26,27)/p-1. The number of aryl methyl sites for hydroxylation is 1. The second kappa shape index (κ2) is 19.6. The largest absolute Gasteiger partial charge is 0.845 e. The van der Waals surface area contributed by atoms with E-state index in [9.17, 15) is 14.3 Å². The lowest BCUT2D eigenvalue weighted by Gasteiger charge is -2.35. The Labute approximate surface area is 357 Å². The average Bonchev–Trinajstić information content (AvgIpc) is 3.26. The van der Waals surface area contributed by atoms with E-state index in [0.29, 0.717) is 42.8 Å². The summed E-state index contributed by atoms with van der Waals surface area (Å²) in [5, 5.41) is 18.7. The van der Waals surface area contributed by atoms with E-state index in [1.54, 1.807) is 21.3 Å². The molecule has 1 saturated heterocycles. The summed E-state index contributed by atoms with van der Waals surface area (Å²) in [6.45, 7) is 6.93. The number of hydrogen-bond donors (Lipinski definition) is 3. The molecule has 17 nitrogen and oxygen atoms in total. The number of aromatic nitrogens is 7. The second-order valence-corrected chi connectivity index (χ2v) is 14.2. The monoisotopic (exact) mass is 841 g/mol. The van der Waals surface area contributed by atoms with Crippen molar-refractivity contribution in [2.24, 2.45) is 0 Å². The number of halogens is 1. The highest BCUT2D eigenvalue weighted by Gasteiger charge is 2.19. The van der Waals surface area contributed by atoms with Crippen molar-refractivity contribution >= 4 is 40.3 Å². The summed E-state index contributed by atoms with van der Waals surface area (Å²) in [6.07, 6.45) is 1.94. The van der Waals surface area contributed by atoms with E-state index < -0.39 is 17.4 Å². The molecule has 0 bridgehead atoms. The number of nitrogen functional groups attached to an aromatic ring is 1. The lowest BCUT2D eigenvalue weighted by Crippen LogP contribution is -2.46. The van der Waals surface area contributed by atoms with Crippen LogP contribution in [0.25, 0.3) is 16.7 Å². The van der Waals surface area contributed by atoms with Crippen molar-refractivity contribution in [3.63, 3.8) is 0 Å². The number of methoxy groups -OCH3 is 3. The first-order chi connectivity index (χ1) is 30.1. The molecule has 8 rings (SSSR count). The van der Waals surface area contributed by atoms with Crippen LogP contribution in [0.5, 0.6) is 23.3 Å². The van der Waals surface area contributed by atoms with Crippen molar-refractivity contribution in [3.05, 3.63) is 130 Å². The quantitative estimate of drug-likeness (QED) is 0.141. The predicted octanol–water partition coefficient (Wildman–Crippen LogP) is 4.90. The Morgan fingerprint density at radius 2 is 1.56 bits per heavy atom. The van der Waals surface area contributed by atoms with Gasteiger partial charge in [0.1, 0.15) is 22.8 Å². The molecular formula is C44H46FN12O5-. The Morgan fingerprint density at radius 3 is 2.29 bits per heavy atom. The predicted molar refractivity (Wildman–Crippen MR) is 233 cm³/mol. The molecule has 0 saturated carbocycles. The van der Waals surface area contributed by atoms with Crippen LogP contribution >= 0.6 is 0 Å². The van der Waals surface area contributed by atoms with E-state index in [-0.39, 0.29) is 28.6 Å². The fourth-order valence-corrected chi connectivity index (χ4v) is 6.81. The Morgan fingerprint density at radius 1 is 0.790 bits per heavy atom. The van der Waals surface area contributed by atoms with Gasteiger partial charge in [-0.25, -0.2) is 14.4 Å². The minimum atomic E-state index is -0.844. The van der Waals surface area contributed by atoms with Gasteiger partial charge < -0.3 is 40.6 Å². The number of nitrogens with two attached hydrogens (primary N) is 1. The van der Waals surface area contributed by atoms with Gasteiger partial charge in [-0.3, -0.25) is 14.3 Å². The summed E-state index contributed by atoms with van der Waals surface area (Å²) < 4.78 is 30.1. The minimum absolute atomic E-state index is 0.0312. The van der Waals surface area contributed by atoms with Gasteiger partial charge in [0, 0.05) is 50.3 Å². The van der Waals surface area contributed by atoms with Crippen molar-refractivity contribution in [3.8, 4) is 28.9 Å². The van der Waals surface area contributed by atoms with E-state index >= 15 is 0 Å². The highest BCUT2D eigenvalue weighted by atomic mass is 19.1. The maximum atomic E-state index is 13.5. The highest BCUT2D eigenvalue weighted by Crippen LogP contribution is 2.28. The van der Waals surface area contributed by atoms with Crippen LogP contribution in [-0.4, -0.2) is 93.4 Å². The number of anilines is 5. The van der Waals surface area contributed by atoms with Crippen LogP contribution in [0.15, 0.2) is 102 Å². The van der Waals surface area contributed by atoms with Gasteiger partial charge in [-0.1, -0.05) is 24.3 Å². The molecule has 1 fully saturated rings. The summed E-state index contributed by atoms with van der Waals surface area (Å²) in [6, 6.07) is 26.2. The molecule has 0 radical (unpaired) electrons. The van der Waals surface area contributed by atoms with Gasteiger partial charge in [-0.15, -0.1) is 0 Å². The van der Waals surface area contributed by atoms with Crippen LogP contribution in [-0.2, 0) is 13.0 Å². The van der Waals surface area contributed by atoms with Crippen molar-refractivity contribution < 1.29 is 23.7 Å². The Bertz CT molecular complexity index is 2690. The molecule has 0 spiro atoms. The second-order valence-electron chi connectivity index (χ2n) is 14.2. The van der Waals surface area contributed by atoms with Crippen LogP contribution in [0.3, 0.4) is 0 Å². The van der Waals surface area contributed by atoms with Gasteiger partial charge in [0.2, 0.25) is 17.8 Å². The van der Waals surface area contributed by atoms with Crippen molar-refractivity contribution in [2.45, 2.75) is 19.9 Å². The van der Waals surface area contributed by atoms with Crippen molar-refractivity contribution in [1.29, 1.82) is 0 Å². The van der Waals surface area contributed by atoms with Crippen LogP contribution in [0.2, 0.25) is 0 Å². The third kappa shape index (κ3) is 10.6. The topological polar surface area (TPSA) is 207 Å². The molecule has 3 aromatic heterocycles. The number of benzene rings is 4. The number of nitrogens with zero attached hydrogens (tertiary/aromatic N) is 9. The number of fused-ring (bicyclic) bond motifs is 1. The Hall–Kier alpha value is -7.60. The zero-order valence-electron chi connectivity index (χ0n) is 34.7. The molecule has 0 aliphatic carbocycles. The molecule has 4 aromatic carbocycles. The zero-order valence-corrected chi connectivity index (χ0v) is 34.7. The molecule has 0 unspecified atom stereocenters. The summed E-state index contributed by atoms with van der Waals surface area (Å²) in [4.78, 5) is 42.8. The molecule has 7 aromatic rings. The first-order valence-corrected chi connectivity index (χ1v) is 19.7. The maximum absolute atomic E-state index is 13.5. The van der Waals surface area contributed by atoms with E-state index in [1.165, 1.54) is 30.1 Å². The van der Waals surface area contributed by atoms with Crippen LogP contribution in [0, 0.1) is 12.7 Å². The molecule has 1 aliphatic rings. The van der Waals surface area contributed by atoms with E-state index in [2.05, 4.69) is 62.5 Å². The number of rotatable bonds is 13. The zero-order chi connectivity index (χ0) is 43.6. The summed E-state index contributed by atoms with van der Waals surface area (Å²) in [5.74, 6) is 3.19. The van der Waals surface area contributed by atoms with Crippen molar-refractivity contribution in [1.82, 2.24) is 39.4 Å². The van der Waals surface area contributed by atoms with Crippen LogP contribution in [0.4, 0.5) is 33.6 Å². The number of nitrogens with one attached hydrogen (secondary N) is 2. The first-order valence-electron chi connectivity index (χ1n) is 19.7. The molecule has 0 atom stereocenters. The SMILES string of the molecule is COc1ccc(CCNc2ncc3c(=O)n(-c4cccc(F)c4)c([O-])nc3n2)cc1OC.COc1ccc(N2CCN(Cc3nc(N)nc(Nc4cccc(C)c4)n3)CC2)cc1. The normalized spacial score (nSPS) is 12.6. The molecule has 4 heterocycles. The van der Waals surface area contributed by atoms with E-state index in [4.69, 9.17) is 19.9 Å². The van der Waals surface area contributed by atoms with Gasteiger partial charge in [0.15, 0.2) is 17.1 Å². The highest BCUT2D eigenvalue weighted by molar-refractivity contribution is 5.74. The van der Waals surface area contributed by atoms with Crippen molar-refractivity contribution in [2.75, 3.05) is 75.3 Å². The summed E-state index contributed by atoms with van der Waals surface area (Å²) in [7, 11) is 4.83. The molecular weight excluding hydrogens is 796 g/mol. The molecule has 320 valence electrons. The Kier molecular flexibility index (Phi) is 13.5. The van der Waals surface area contributed by atoms with Gasteiger partial charge in [-0.05, 0) is 91.2 Å². The van der Waals surface area contributed by atoms with Gasteiger partial charge in [0.05, 0.1) is 39.6 Å². The third-order valence-electron chi connectivity index (χ3n) is 9.95.